The van der Waals surface area contributed by atoms with Gasteiger partial charge < -0.3 is 10.1 Å². The summed E-state index contributed by atoms with van der Waals surface area (Å²) in [4.78, 5) is 18.5. The van der Waals surface area contributed by atoms with Crippen molar-refractivity contribution in [3.8, 4) is 5.75 Å². The third-order valence-electron chi connectivity index (χ3n) is 4.12. The molecule has 1 N–H and O–H groups in total. The van der Waals surface area contributed by atoms with Crippen molar-refractivity contribution in [1.82, 2.24) is 14.8 Å². The molecule has 1 aromatic carbocycles. The van der Waals surface area contributed by atoms with Crippen LogP contribution in [0.3, 0.4) is 0 Å². The third kappa shape index (κ3) is 3.71. The summed E-state index contributed by atoms with van der Waals surface area (Å²) >= 11 is 1.61. The number of thiophene rings is 1. The van der Waals surface area contributed by atoms with Crippen LogP contribution in [0.1, 0.15) is 26.5 Å². The molecule has 2 aromatic heterocycles. The Morgan fingerprint density at radius 2 is 2.28 bits per heavy atom. The van der Waals surface area contributed by atoms with Gasteiger partial charge in [-0.1, -0.05) is 6.07 Å². The van der Waals surface area contributed by atoms with Crippen LogP contribution in [-0.4, -0.2) is 27.3 Å². The van der Waals surface area contributed by atoms with Crippen LogP contribution < -0.4 is 10.1 Å². The van der Waals surface area contributed by atoms with E-state index in [1.165, 1.54) is 23.2 Å². The number of benzene rings is 1. The highest BCUT2D eigenvalue weighted by Gasteiger charge is 2.18. The molecule has 3 aromatic rings. The van der Waals surface area contributed by atoms with Crippen LogP contribution in [0.15, 0.2) is 43.0 Å². The fraction of sp³-hybridized carbons (Fsp3) is 0.278. The molecule has 6 nitrogen and oxygen atoms in total. The van der Waals surface area contributed by atoms with Gasteiger partial charge in [-0.15, -0.1) is 11.3 Å². The van der Waals surface area contributed by atoms with Crippen LogP contribution in [0.4, 0.5) is 5.69 Å². The number of carbonyl (C=O) groups is 1. The highest BCUT2D eigenvalue weighted by molar-refractivity contribution is 7.14. The predicted molar refractivity (Wildman–Crippen MR) is 96.3 cm³/mol. The van der Waals surface area contributed by atoms with Crippen molar-refractivity contribution >= 4 is 22.9 Å². The van der Waals surface area contributed by atoms with E-state index in [1.807, 2.05) is 30.3 Å². The lowest BCUT2D eigenvalue weighted by Crippen LogP contribution is -2.11. The zero-order valence-electron chi connectivity index (χ0n) is 13.6. The quantitative estimate of drug-likeness (QED) is 0.738. The first-order chi connectivity index (χ1) is 12.3. The Morgan fingerprint density at radius 1 is 1.32 bits per heavy atom. The number of fused-ring (bicyclic) bond motifs is 1. The number of nitrogens with zero attached hydrogens (tertiary/aromatic N) is 3. The van der Waals surface area contributed by atoms with Crippen molar-refractivity contribution in [2.24, 2.45) is 0 Å². The summed E-state index contributed by atoms with van der Waals surface area (Å²) in [5.74, 6) is 0.658. The van der Waals surface area contributed by atoms with E-state index >= 15 is 0 Å². The number of hydrogen-bond acceptors (Lipinski definition) is 5. The topological polar surface area (TPSA) is 69.0 Å². The molecule has 128 valence electrons. The van der Waals surface area contributed by atoms with Crippen LogP contribution in [0, 0.1) is 0 Å². The maximum atomic E-state index is 12.4. The smallest absolute Gasteiger partial charge is 0.265 e. The largest absolute Gasteiger partial charge is 0.492 e. The number of anilines is 1. The van der Waals surface area contributed by atoms with Gasteiger partial charge in [0.25, 0.3) is 5.91 Å². The number of aromatic nitrogens is 3. The van der Waals surface area contributed by atoms with Gasteiger partial charge in [0, 0.05) is 16.6 Å². The number of amides is 1. The van der Waals surface area contributed by atoms with Gasteiger partial charge in [-0.05, 0) is 43.0 Å². The molecule has 0 spiro atoms. The van der Waals surface area contributed by atoms with E-state index in [-0.39, 0.29) is 5.91 Å². The van der Waals surface area contributed by atoms with Crippen LogP contribution in [-0.2, 0) is 19.4 Å². The van der Waals surface area contributed by atoms with Crippen LogP contribution in [0.25, 0.3) is 0 Å². The maximum absolute atomic E-state index is 12.4. The molecule has 0 saturated heterocycles. The minimum atomic E-state index is -0.0563. The second kappa shape index (κ2) is 7.06. The summed E-state index contributed by atoms with van der Waals surface area (Å²) in [6.45, 7) is 1.11. The zero-order valence-corrected chi connectivity index (χ0v) is 14.5. The number of rotatable bonds is 6. The van der Waals surface area contributed by atoms with Crippen molar-refractivity contribution in [2.75, 3.05) is 11.9 Å². The number of hydrogen-bond donors (Lipinski definition) is 1. The van der Waals surface area contributed by atoms with E-state index in [9.17, 15) is 4.79 Å². The lowest BCUT2D eigenvalue weighted by molar-refractivity contribution is 0.103. The molecule has 0 bridgehead atoms. The minimum absolute atomic E-state index is 0.0563. The molecule has 0 aliphatic heterocycles. The van der Waals surface area contributed by atoms with Crippen molar-refractivity contribution in [2.45, 2.75) is 25.8 Å². The molecular formula is C18H18N4O2S. The monoisotopic (exact) mass is 354 g/mol. The third-order valence-corrected chi connectivity index (χ3v) is 5.35. The summed E-state index contributed by atoms with van der Waals surface area (Å²) in [7, 11) is 0. The van der Waals surface area contributed by atoms with Crippen LogP contribution in [0.2, 0.25) is 0 Å². The lowest BCUT2D eigenvalue weighted by Gasteiger charge is -2.09. The Labute approximate surface area is 149 Å². The lowest BCUT2D eigenvalue weighted by atomic mass is 10.2. The first kappa shape index (κ1) is 15.8. The first-order valence-electron chi connectivity index (χ1n) is 8.26. The van der Waals surface area contributed by atoms with Crippen LogP contribution in [0.5, 0.6) is 5.75 Å². The summed E-state index contributed by atoms with van der Waals surface area (Å²) in [6.07, 6.45) is 6.54. The Kier molecular flexibility index (Phi) is 4.47. The van der Waals surface area contributed by atoms with Gasteiger partial charge >= 0.3 is 0 Å². The molecule has 7 heteroatoms. The summed E-state index contributed by atoms with van der Waals surface area (Å²) in [6, 6.07) is 9.47. The fourth-order valence-electron chi connectivity index (χ4n) is 2.90. The molecule has 0 saturated carbocycles. The maximum Gasteiger partial charge on any atom is 0.265 e. The normalized spacial score (nSPS) is 12.8. The number of carbonyl (C=O) groups excluding carboxylic acids is 1. The van der Waals surface area contributed by atoms with Crippen molar-refractivity contribution in [3.05, 3.63) is 58.3 Å². The van der Waals surface area contributed by atoms with Gasteiger partial charge in [0.05, 0.1) is 11.4 Å². The fourth-order valence-corrected chi connectivity index (χ4v) is 4.05. The van der Waals surface area contributed by atoms with Crippen molar-refractivity contribution in [3.63, 3.8) is 0 Å². The second-order valence-electron chi connectivity index (χ2n) is 5.90. The Bertz CT molecular complexity index is 852. The first-order valence-corrected chi connectivity index (χ1v) is 9.08. The molecule has 1 aliphatic carbocycles. The number of nitrogens with one attached hydrogen (secondary N) is 1. The zero-order chi connectivity index (χ0) is 17.1. The van der Waals surface area contributed by atoms with E-state index in [0.29, 0.717) is 18.9 Å². The standard InChI is InChI=1S/C18H18N4O2S/c23-18(17-9-13-3-1-6-16(13)25-17)21-14-4-2-5-15(10-14)24-8-7-22-12-19-11-20-22/h2,4-5,9-12H,1,3,6-8H2,(H,21,23). The average molecular weight is 354 g/mol. The Morgan fingerprint density at radius 3 is 3.12 bits per heavy atom. The van der Waals surface area contributed by atoms with Gasteiger partial charge in [0.2, 0.25) is 0 Å². The predicted octanol–water partition coefficient (Wildman–Crippen LogP) is 3.16. The van der Waals surface area contributed by atoms with Gasteiger partial charge in [0.1, 0.15) is 25.0 Å². The van der Waals surface area contributed by atoms with E-state index < -0.39 is 0 Å². The minimum Gasteiger partial charge on any atom is -0.492 e. The summed E-state index contributed by atoms with van der Waals surface area (Å²) in [5.41, 5.74) is 2.07. The highest BCUT2D eigenvalue weighted by Crippen LogP contribution is 2.31. The van der Waals surface area contributed by atoms with E-state index in [1.54, 1.807) is 22.3 Å². The molecule has 0 radical (unpaired) electrons. The van der Waals surface area contributed by atoms with Crippen molar-refractivity contribution in [1.29, 1.82) is 0 Å². The number of ether oxygens (including phenoxy) is 1. The molecule has 2 heterocycles. The second-order valence-corrected chi connectivity index (χ2v) is 7.04. The van der Waals surface area contributed by atoms with E-state index in [4.69, 9.17) is 4.74 Å². The molecule has 0 unspecified atom stereocenters. The van der Waals surface area contributed by atoms with E-state index in [0.717, 1.165) is 23.4 Å². The van der Waals surface area contributed by atoms with Crippen LogP contribution >= 0.6 is 11.3 Å². The average Bonchev–Trinajstić information content (AvgIpc) is 3.32. The molecule has 1 amide bonds. The number of aryl methyl sites for hydroxylation is 2. The molecular weight excluding hydrogens is 336 g/mol. The molecule has 25 heavy (non-hydrogen) atoms. The molecule has 0 fully saturated rings. The SMILES string of the molecule is O=C(Nc1cccc(OCCn2cncn2)c1)c1cc2c(s1)CCC2. The van der Waals surface area contributed by atoms with Gasteiger partial charge in [-0.25, -0.2) is 9.67 Å². The van der Waals surface area contributed by atoms with Gasteiger partial charge in [-0.2, -0.15) is 5.10 Å². The summed E-state index contributed by atoms with van der Waals surface area (Å²) < 4.78 is 7.43. The van der Waals surface area contributed by atoms with E-state index in [2.05, 4.69) is 15.4 Å². The molecule has 0 atom stereocenters. The van der Waals surface area contributed by atoms with Crippen molar-refractivity contribution < 1.29 is 9.53 Å². The van der Waals surface area contributed by atoms with Gasteiger partial charge in [-0.3, -0.25) is 4.79 Å². The highest BCUT2D eigenvalue weighted by atomic mass is 32.1. The Hall–Kier alpha value is -2.67. The van der Waals surface area contributed by atoms with Gasteiger partial charge in [0.15, 0.2) is 0 Å². The molecule has 4 rings (SSSR count). The Balaban J connectivity index is 1.36. The molecule has 1 aliphatic rings. The summed E-state index contributed by atoms with van der Waals surface area (Å²) in [5, 5.41) is 6.98.